The molecule has 0 fully saturated rings. The summed E-state index contributed by atoms with van der Waals surface area (Å²) >= 11 is 0. The van der Waals surface area contributed by atoms with Gasteiger partial charge in [-0.25, -0.2) is 23.3 Å². The molecule has 4 rings (SSSR count). The van der Waals surface area contributed by atoms with E-state index in [2.05, 4.69) is 25.4 Å². The Morgan fingerprint density at radius 2 is 2.00 bits per heavy atom. The third kappa shape index (κ3) is 2.61. The number of nitrogens with zero attached hydrogens (tertiary/aromatic N) is 6. The van der Waals surface area contributed by atoms with Crippen LogP contribution in [0.15, 0.2) is 37.3 Å². The Balaban J connectivity index is 1.71. The Labute approximate surface area is 146 Å². The highest BCUT2D eigenvalue weighted by Gasteiger charge is 2.17. The van der Waals surface area contributed by atoms with Crippen molar-refractivity contribution in [2.24, 2.45) is 7.05 Å². The van der Waals surface area contributed by atoms with Crippen LogP contribution in [0.5, 0.6) is 0 Å². The maximum Gasteiger partial charge on any atom is 0.162 e. The summed E-state index contributed by atoms with van der Waals surface area (Å²) in [6.07, 6.45) is 8.08. The van der Waals surface area contributed by atoms with Crippen LogP contribution >= 0.6 is 0 Å². The number of nitrogen functional groups attached to an aromatic ring is 1. The fourth-order valence-electron chi connectivity index (χ4n) is 2.76. The van der Waals surface area contributed by atoms with Gasteiger partial charge in [0.1, 0.15) is 0 Å². The van der Waals surface area contributed by atoms with Gasteiger partial charge in [0.25, 0.3) is 0 Å². The number of nitrogens with two attached hydrogens (primary N) is 1. The van der Waals surface area contributed by atoms with E-state index >= 15 is 0 Å². The van der Waals surface area contributed by atoms with Crippen molar-refractivity contribution in [1.82, 2.24) is 29.1 Å². The minimum absolute atomic E-state index is 0.210. The number of anilines is 2. The molecular formula is C16H14F2N8. The number of aryl methyl sites for hydroxylation is 1. The van der Waals surface area contributed by atoms with Crippen molar-refractivity contribution in [3.05, 3.63) is 54.5 Å². The normalized spacial score (nSPS) is 11.2. The monoisotopic (exact) mass is 356 g/mol. The van der Waals surface area contributed by atoms with Gasteiger partial charge in [-0.05, 0) is 0 Å². The largest absolute Gasteiger partial charge is 0.382 e. The minimum Gasteiger partial charge on any atom is -0.382 e. The van der Waals surface area contributed by atoms with Gasteiger partial charge >= 0.3 is 0 Å². The molecule has 0 saturated carbocycles. The Morgan fingerprint density at radius 3 is 2.77 bits per heavy atom. The second kappa shape index (κ2) is 6.06. The lowest BCUT2D eigenvalue weighted by molar-refractivity contribution is 0.607. The molecule has 0 aliphatic rings. The average molecular weight is 356 g/mol. The van der Waals surface area contributed by atoms with E-state index < -0.39 is 11.6 Å². The molecule has 8 nitrogen and oxygen atoms in total. The molecule has 4 heterocycles. The van der Waals surface area contributed by atoms with Crippen LogP contribution in [0.2, 0.25) is 0 Å². The number of aromatic nitrogens is 6. The first-order valence-electron chi connectivity index (χ1n) is 7.67. The first-order valence-corrected chi connectivity index (χ1v) is 7.67. The molecule has 132 valence electrons. The molecule has 3 N–H and O–H groups in total. The number of halogens is 2. The van der Waals surface area contributed by atoms with Crippen LogP contribution in [-0.2, 0) is 13.6 Å². The van der Waals surface area contributed by atoms with Crippen molar-refractivity contribution in [1.29, 1.82) is 0 Å². The predicted octanol–water partition coefficient (Wildman–Crippen LogP) is 2.00. The van der Waals surface area contributed by atoms with Gasteiger partial charge in [-0.2, -0.15) is 0 Å². The molecular weight excluding hydrogens is 342 g/mol. The van der Waals surface area contributed by atoms with E-state index in [1.165, 1.54) is 16.9 Å². The van der Waals surface area contributed by atoms with E-state index in [9.17, 15) is 8.78 Å². The van der Waals surface area contributed by atoms with E-state index in [-0.39, 0.29) is 12.4 Å². The van der Waals surface area contributed by atoms with Gasteiger partial charge in [-0.15, -0.1) is 5.10 Å². The SMILES string of the molecule is Cn1cncc1-c1c(F)cncc1NCc1c(N)nn2cc(F)cnc12. The van der Waals surface area contributed by atoms with E-state index in [1.807, 2.05) is 0 Å². The van der Waals surface area contributed by atoms with E-state index in [4.69, 9.17) is 5.73 Å². The van der Waals surface area contributed by atoms with Crippen molar-refractivity contribution in [2.75, 3.05) is 11.1 Å². The fraction of sp³-hybridized carbons (Fsp3) is 0.125. The number of imidazole rings is 1. The molecule has 0 radical (unpaired) electrons. The third-order valence-electron chi connectivity index (χ3n) is 4.00. The van der Waals surface area contributed by atoms with E-state index in [1.54, 1.807) is 24.1 Å². The van der Waals surface area contributed by atoms with Gasteiger partial charge in [-0.3, -0.25) is 4.98 Å². The van der Waals surface area contributed by atoms with Crippen LogP contribution in [0, 0.1) is 11.6 Å². The van der Waals surface area contributed by atoms with E-state index in [0.29, 0.717) is 28.2 Å². The van der Waals surface area contributed by atoms with Gasteiger partial charge in [0.2, 0.25) is 0 Å². The van der Waals surface area contributed by atoms with Gasteiger partial charge in [-0.1, -0.05) is 0 Å². The third-order valence-corrected chi connectivity index (χ3v) is 4.00. The molecule has 4 aromatic heterocycles. The highest BCUT2D eigenvalue weighted by molar-refractivity contribution is 5.75. The number of nitrogens with one attached hydrogen (secondary N) is 1. The number of hydrogen-bond donors (Lipinski definition) is 2. The quantitative estimate of drug-likeness (QED) is 0.580. The van der Waals surface area contributed by atoms with E-state index in [0.717, 1.165) is 12.4 Å². The number of rotatable bonds is 4. The summed E-state index contributed by atoms with van der Waals surface area (Å²) in [5, 5.41) is 7.15. The van der Waals surface area contributed by atoms with Crippen molar-refractivity contribution in [3.63, 3.8) is 0 Å². The average Bonchev–Trinajstić information content (AvgIpc) is 3.15. The van der Waals surface area contributed by atoms with Crippen LogP contribution in [0.3, 0.4) is 0 Å². The van der Waals surface area contributed by atoms with Gasteiger partial charge in [0.05, 0.1) is 59.8 Å². The Kier molecular flexibility index (Phi) is 3.72. The summed E-state index contributed by atoms with van der Waals surface area (Å²) < 4.78 is 30.7. The zero-order chi connectivity index (χ0) is 18.3. The van der Waals surface area contributed by atoms with Gasteiger partial charge in [0.15, 0.2) is 23.1 Å². The molecule has 4 aromatic rings. The van der Waals surface area contributed by atoms with Crippen LogP contribution < -0.4 is 11.1 Å². The lowest BCUT2D eigenvalue weighted by Crippen LogP contribution is -2.06. The van der Waals surface area contributed by atoms with Crippen molar-refractivity contribution in [3.8, 4) is 11.3 Å². The van der Waals surface area contributed by atoms with Gasteiger partial charge < -0.3 is 15.6 Å². The first kappa shape index (κ1) is 15.9. The second-order valence-electron chi connectivity index (χ2n) is 5.69. The molecule has 10 heteroatoms. The number of pyridine rings is 1. The van der Waals surface area contributed by atoms with Gasteiger partial charge in [0, 0.05) is 13.6 Å². The van der Waals surface area contributed by atoms with Crippen LogP contribution in [-0.4, -0.2) is 29.1 Å². The maximum atomic E-state index is 14.4. The summed E-state index contributed by atoms with van der Waals surface area (Å²) in [6.45, 7) is 0.212. The molecule has 0 aliphatic carbocycles. The molecule has 0 bridgehead atoms. The topological polar surface area (TPSA) is 99.0 Å². The predicted molar refractivity (Wildman–Crippen MR) is 91.1 cm³/mol. The first-order chi connectivity index (χ1) is 12.5. The molecule has 0 atom stereocenters. The second-order valence-corrected chi connectivity index (χ2v) is 5.69. The summed E-state index contributed by atoms with van der Waals surface area (Å²) in [5.41, 5.74) is 8.32. The van der Waals surface area contributed by atoms with Crippen molar-refractivity contribution >= 4 is 17.2 Å². The molecule has 26 heavy (non-hydrogen) atoms. The number of fused-ring (bicyclic) bond motifs is 1. The summed E-state index contributed by atoms with van der Waals surface area (Å²) in [4.78, 5) is 11.9. The molecule has 0 spiro atoms. The Bertz CT molecular complexity index is 1100. The molecule has 0 aromatic carbocycles. The van der Waals surface area contributed by atoms with Crippen LogP contribution in [0.1, 0.15) is 5.56 Å². The highest BCUT2D eigenvalue weighted by Crippen LogP contribution is 2.30. The Morgan fingerprint density at radius 1 is 1.15 bits per heavy atom. The summed E-state index contributed by atoms with van der Waals surface area (Å²) in [6, 6.07) is 0. The van der Waals surface area contributed by atoms with Crippen molar-refractivity contribution in [2.45, 2.75) is 6.54 Å². The lowest BCUT2D eigenvalue weighted by atomic mass is 10.1. The Hall–Kier alpha value is -3.56. The standard InChI is InChI=1S/C16H14F2N8/c1-25-8-21-6-13(25)14-11(18)4-20-5-12(14)22-3-10-15(19)24-26-7-9(17)2-23-16(10)26/h2,4-8,22H,3H2,1H3,(H2,19,24). The summed E-state index contributed by atoms with van der Waals surface area (Å²) in [7, 11) is 1.77. The zero-order valence-corrected chi connectivity index (χ0v) is 13.7. The molecule has 0 saturated heterocycles. The maximum absolute atomic E-state index is 14.4. The smallest absolute Gasteiger partial charge is 0.162 e. The lowest BCUT2D eigenvalue weighted by Gasteiger charge is -2.12. The van der Waals surface area contributed by atoms with Crippen LogP contribution in [0.4, 0.5) is 20.3 Å². The minimum atomic E-state index is -0.521. The van der Waals surface area contributed by atoms with Crippen molar-refractivity contribution < 1.29 is 8.78 Å². The molecule has 0 unspecified atom stereocenters. The molecule has 0 aliphatic heterocycles. The number of hydrogen-bond acceptors (Lipinski definition) is 6. The van der Waals surface area contributed by atoms with Crippen LogP contribution in [0.25, 0.3) is 16.9 Å². The fourth-order valence-corrected chi connectivity index (χ4v) is 2.76. The summed E-state index contributed by atoms with van der Waals surface area (Å²) in [5.74, 6) is -0.791. The zero-order valence-electron chi connectivity index (χ0n) is 13.7. The highest BCUT2D eigenvalue weighted by atomic mass is 19.1. The molecule has 0 amide bonds.